The van der Waals surface area contributed by atoms with E-state index in [9.17, 15) is 0 Å². The average Bonchev–Trinajstić information content (AvgIpc) is 2.73. The van der Waals surface area contributed by atoms with Gasteiger partial charge in [-0.3, -0.25) is 0 Å². The summed E-state index contributed by atoms with van der Waals surface area (Å²) < 4.78 is 6.42. The molecule has 0 aromatic heterocycles. The van der Waals surface area contributed by atoms with Crippen molar-refractivity contribution in [2.75, 3.05) is 0 Å². The van der Waals surface area contributed by atoms with E-state index in [2.05, 4.69) is 90.1 Å². The van der Waals surface area contributed by atoms with E-state index in [0.717, 1.165) is 0 Å². The topological polar surface area (TPSA) is 0 Å². The molecule has 0 N–H and O–H groups in total. The van der Waals surface area contributed by atoms with Crippen LogP contribution < -0.4 is 3.58 Å². The predicted molar refractivity (Wildman–Crippen MR) is 135 cm³/mol. The van der Waals surface area contributed by atoms with Crippen LogP contribution in [0.4, 0.5) is 0 Å². The van der Waals surface area contributed by atoms with Gasteiger partial charge in [-0.15, -0.1) is 0 Å². The Morgan fingerprint density at radius 2 is 0.966 bits per heavy atom. The van der Waals surface area contributed by atoms with E-state index in [-0.39, 0.29) is 5.41 Å². The summed E-state index contributed by atoms with van der Waals surface area (Å²) in [6.07, 6.45) is 8.32. The molecule has 0 fully saturated rings. The SMILES string of the molecule is CCC[CH2][Sn]([CH2]CCC)([CH2]CCC)[c]1ccc(-c2ccc(C(C)(C)C)cc2)cc1. The molecule has 0 heterocycles. The molecule has 0 bridgehead atoms. The van der Waals surface area contributed by atoms with Crippen molar-refractivity contribution >= 4 is 22.0 Å². The predicted octanol–water partition coefficient (Wildman–Crippen LogP) is 8.71. The van der Waals surface area contributed by atoms with Gasteiger partial charge >= 0.3 is 186 Å². The molecule has 29 heavy (non-hydrogen) atoms. The minimum atomic E-state index is -2.30. The first-order valence-electron chi connectivity index (χ1n) is 12.1. The summed E-state index contributed by atoms with van der Waals surface area (Å²) in [6.45, 7) is 13.9. The molecule has 0 aliphatic heterocycles. The Balaban J connectivity index is 2.31. The van der Waals surface area contributed by atoms with Gasteiger partial charge in [-0.2, -0.15) is 0 Å². The molecule has 0 saturated heterocycles. The van der Waals surface area contributed by atoms with Gasteiger partial charge in [0, 0.05) is 0 Å². The van der Waals surface area contributed by atoms with Crippen LogP contribution in [0.15, 0.2) is 48.5 Å². The molecule has 0 aliphatic rings. The van der Waals surface area contributed by atoms with Crippen LogP contribution in [-0.4, -0.2) is 18.4 Å². The molecule has 0 amide bonds. The number of hydrogen-bond acceptors (Lipinski definition) is 0. The van der Waals surface area contributed by atoms with Crippen molar-refractivity contribution in [1.29, 1.82) is 0 Å². The Morgan fingerprint density at radius 1 is 0.586 bits per heavy atom. The zero-order chi connectivity index (χ0) is 21.3. The van der Waals surface area contributed by atoms with Crippen LogP contribution in [0, 0.1) is 0 Å². The van der Waals surface area contributed by atoms with E-state index in [4.69, 9.17) is 0 Å². The van der Waals surface area contributed by atoms with Crippen LogP contribution in [0.5, 0.6) is 0 Å². The van der Waals surface area contributed by atoms with Crippen LogP contribution in [0.2, 0.25) is 13.3 Å². The van der Waals surface area contributed by atoms with Gasteiger partial charge in [-0.05, 0) is 0 Å². The van der Waals surface area contributed by atoms with Crippen LogP contribution in [0.1, 0.15) is 85.6 Å². The Morgan fingerprint density at radius 3 is 1.31 bits per heavy atom. The van der Waals surface area contributed by atoms with Crippen molar-refractivity contribution in [1.82, 2.24) is 0 Å². The van der Waals surface area contributed by atoms with Crippen molar-refractivity contribution in [3.8, 4) is 11.1 Å². The number of benzene rings is 2. The molecule has 0 unspecified atom stereocenters. The molecule has 0 spiro atoms. The van der Waals surface area contributed by atoms with Crippen LogP contribution in [0.3, 0.4) is 0 Å². The Labute approximate surface area is 185 Å². The Bertz CT molecular complexity index is 682. The van der Waals surface area contributed by atoms with Gasteiger partial charge in [0.25, 0.3) is 0 Å². The number of rotatable bonds is 11. The maximum atomic E-state index is 2.53. The molecule has 0 saturated carbocycles. The second kappa shape index (κ2) is 11.6. The summed E-state index contributed by atoms with van der Waals surface area (Å²) in [4.78, 5) is 0. The van der Waals surface area contributed by atoms with Crippen molar-refractivity contribution in [3.63, 3.8) is 0 Å². The van der Waals surface area contributed by atoms with Crippen molar-refractivity contribution in [2.24, 2.45) is 0 Å². The molecule has 2 rings (SSSR count). The van der Waals surface area contributed by atoms with E-state index in [0.29, 0.717) is 0 Å². The Hall–Kier alpha value is -0.761. The van der Waals surface area contributed by atoms with Gasteiger partial charge in [0.15, 0.2) is 0 Å². The normalized spacial score (nSPS) is 12.3. The summed E-state index contributed by atoms with van der Waals surface area (Å²) in [6, 6.07) is 19.1. The zero-order valence-electron chi connectivity index (χ0n) is 20.0. The van der Waals surface area contributed by atoms with Gasteiger partial charge in [-0.25, -0.2) is 0 Å². The standard InChI is InChI=1S/C16H17.3C4H9.Sn/c1-16(2,3)15-11-9-14(10-12-15)13-7-5-4-6-8-13;3*1-3-4-2;/h5-12H,1-3H3;3*1,3-4H2,2H3;. The molecule has 0 atom stereocenters. The third kappa shape index (κ3) is 6.87. The van der Waals surface area contributed by atoms with Crippen molar-refractivity contribution in [3.05, 3.63) is 54.1 Å². The first kappa shape index (κ1) is 24.5. The monoisotopic (exact) mass is 500 g/mol. The van der Waals surface area contributed by atoms with Gasteiger partial charge in [0.2, 0.25) is 0 Å². The van der Waals surface area contributed by atoms with Gasteiger partial charge < -0.3 is 0 Å². The molecule has 0 nitrogen and oxygen atoms in total. The second-order valence-corrected chi connectivity index (χ2v) is 23.2. The van der Waals surface area contributed by atoms with E-state index in [1.807, 2.05) is 0 Å². The fourth-order valence-electron chi connectivity index (χ4n) is 4.53. The summed E-state index contributed by atoms with van der Waals surface area (Å²) in [5, 5.41) is 0. The fourth-order valence-corrected chi connectivity index (χ4v) is 20.5. The molecule has 160 valence electrons. The minimum absolute atomic E-state index is 0.217. The van der Waals surface area contributed by atoms with Gasteiger partial charge in [0.1, 0.15) is 0 Å². The molecular weight excluding hydrogens is 455 g/mol. The summed E-state index contributed by atoms with van der Waals surface area (Å²) in [7, 11) is 0. The quantitative estimate of drug-likeness (QED) is 0.271. The van der Waals surface area contributed by atoms with E-state index in [1.165, 1.54) is 55.2 Å². The van der Waals surface area contributed by atoms with E-state index >= 15 is 0 Å². The molecule has 2 aromatic carbocycles. The summed E-state index contributed by atoms with van der Waals surface area (Å²) >= 11 is -2.30. The maximum absolute atomic E-state index is 2.53. The van der Waals surface area contributed by atoms with Crippen molar-refractivity contribution in [2.45, 2.75) is 98.8 Å². The van der Waals surface area contributed by atoms with E-state index < -0.39 is 18.4 Å². The van der Waals surface area contributed by atoms with Crippen LogP contribution in [-0.2, 0) is 5.41 Å². The molecule has 1 heteroatoms. The average molecular weight is 499 g/mol. The van der Waals surface area contributed by atoms with Crippen LogP contribution in [0.25, 0.3) is 11.1 Å². The molecular formula is C28H44Sn. The third-order valence-electron chi connectivity index (χ3n) is 6.61. The first-order chi connectivity index (χ1) is 13.9. The number of unbranched alkanes of at least 4 members (excludes halogenated alkanes) is 3. The fraction of sp³-hybridized carbons (Fsp3) is 0.571. The van der Waals surface area contributed by atoms with Crippen molar-refractivity contribution < 1.29 is 0 Å². The first-order valence-corrected chi connectivity index (χ1v) is 19.6. The summed E-state index contributed by atoms with van der Waals surface area (Å²) in [5.74, 6) is 0. The Kier molecular flexibility index (Phi) is 9.79. The third-order valence-corrected chi connectivity index (χ3v) is 22.3. The van der Waals surface area contributed by atoms with Crippen LogP contribution >= 0.6 is 0 Å². The van der Waals surface area contributed by atoms with E-state index in [1.54, 1.807) is 16.9 Å². The van der Waals surface area contributed by atoms with Gasteiger partial charge in [-0.1, -0.05) is 0 Å². The number of hydrogen-bond donors (Lipinski definition) is 0. The van der Waals surface area contributed by atoms with Gasteiger partial charge in [0.05, 0.1) is 0 Å². The summed E-state index contributed by atoms with van der Waals surface area (Å²) in [5.41, 5.74) is 4.34. The molecule has 0 radical (unpaired) electrons. The molecule has 2 aromatic rings. The zero-order valence-corrected chi connectivity index (χ0v) is 22.8. The second-order valence-electron chi connectivity index (χ2n) is 10.00. The molecule has 0 aliphatic carbocycles.